The Labute approximate surface area is 728 Å². The molecule has 6 heterocycles. The van der Waals surface area contributed by atoms with Crippen LogP contribution < -0.4 is 31.9 Å². The van der Waals surface area contributed by atoms with Crippen LogP contribution in [0.4, 0.5) is 0 Å². The zero-order valence-electron chi connectivity index (χ0n) is 69.7. The van der Waals surface area contributed by atoms with Crippen LogP contribution in [-0.4, -0.2) is 469 Å². The van der Waals surface area contributed by atoms with Crippen molar-refractivity contribution in [1.82, 2.24) is 31.9 Å². The lowest BCUT2D eigenvalue weighted by Gasteiger charge is -2.48. The van der Waals surface area contributed by atoms with Crippen LogP contribution >= 0.6 is 0 Å². The molecule has 0 aliphatic carbocycles. The Hall–Kier alpha value is -8.29. The van der Waals surface area contributed by atoms with E-state index in [1.54, 1.807) is 0 Å². The van der Waals surface area contributed by atoms with Crippen molar-refractivity contribution >= 4 is 71.3 Å². The number of ether oxygens (including phenoxy) is 12. The van der Waals surface area contributed by atoms with Gasteiger partial charge in [-0.2, -0.15) is 0 Å². The van der Waals surface area contributed by atoms with Crippen molar-refractivity contribution < 1.29 is 242 Å². The first-order valence-corrected chi connectivity index (χ1v) is 39.8. The van der Waals surface area contributed by atoms with Gasteiger partial charge in [0, 0.05) is 91.5 Å². The number of aliphatic carboxylic acids is 6. The number of carboxylic acid groups (broad SMARTS) is 6. The molecule has 36 atom stereocenters. The Morgan fingerprint density at radius 3 is 0.659 bits per heavy atom. The number of nitrogens with zero attached hydrogens (tertiary/aromatic N) is 3. The highest BCUT2D eigenvalue weighted by atomic mass is 16.8. The van der Waals surface area contributed by atoms with Crippen LogP contribution in [-0.2, 0) is 114 Å². The van der Waals surface area contributed by atoms with E-state index in [1.165, 1.54) is 0 Å². The minimum Gasteiger partial charge on any atom is -0.477 e. The van der Waals surface area contributed by atoms with Crippen LogP contribution in [0.15, 0.2) is 5.11 Å². The van der Waals surface area contributed by atoms with E-state index in [0.717, 1.165) is 41.5 Å². The molecule has 6 aliphatic rings. The molecule has 6 amide bonds. The molecule has 6 fully saturated rings. The van der Waals surface area contributed by atoms with Crippen LogP contribution in [0.1, 0.15) is 99.3 Å². The molecule has 6 saturated heterocycles. The van der Waals surface area contributed by atoms with Gasteiger partial charge in [0.25, 0.3) is 34.7 Å². The largest absolute Gasteiger partial charge is 0.477 e. The minimum atomic E-state index is -3.49. The van der Waals surface area contributed by atoms with Gasteiger partial charge in [0.05, 0.1) is 119 Å². The van der Waals surface area contributed by atoms with E-state index in [4.69, 9.17) is 62.4 Å². The SMILES string of the molecule is CC(=O)N[C@H]1[C@H]([C@H](O)[C@H](O)CO)O[C@@](OC[C@@H](O)[C@@H](O)[C@@H]2O[C@@](OC[C@@H](O)[C@@H](O)[C@@H]3O[C@@](OC[C@@H](O)[C@@H](O)[C@@H]4O[C@@](OC[C@@H](O)[C@@H](O)[C@@H]5O[C@@](OC[C@@H](O)[C@@H](O)[C@@H]6O[C@@](OCCCCCN=[N+]=[N-])(C(=O)O)C[C@H](O)[C@H]6NC(C)=O)(C(=O)O)C[C@H](O)[C@H]5NC(C)=O)(C(=O)O)C[C@H](O)[C@H]4NC(C)=O)(C(=O)O)C[C@H](O)[C@H]3NC(C)=O)(C(=O)O)C[C@H](O)[C@H]2NC(C)=O)(C(=O)O)C[C@@H]1O. The summed E-state index contributed by atoms with van der Waals surface area (Å²) >= 11 is 0. The number of unbranched alkanes of at least 4 members (excludes halogenated alkanes) is 2. The molecule has 0 aromatic heterocycles. The Bertz CT molecular complexity index is 3900. The molecule has 58 heteroatoms. The number of rotatable bonds is 47. The van der Waals surface area contributed by atoms with Crippen molar-refractivity contribution in [2.75, 3.05) is 52.8 Å². The van der Waals surface area contributed by atoms with Gasteiger partial charge >= 0.3 is 35.8 Å². The lowest BCUT2D eigenvalue weighted by molar-refractivity contribution is -0.335. The number of carbonyl (C=O) groups excluding carboxylic acids is 6. The lowest BCUT2D eigenvalue weighted by Crippen LogP contribution is -2.70. The average Bonchev–Trinajstić information content (AvgIpc) is 0.768. The zero-order chi connectivity index (χ0) is 97.4. The topological polar surface area (TPSA) is 942 Å². The summed E-state index contributed by atoms with van der Waals surface area (Å²) in [6.45, 7) is -4.12. The summed E-state index contributed by atoms with van der Waals surface area (Å²) in [6, 6.07) is -11.6. The van der Waals surface area contributed by atoms with Crippen molar-refractivity contribution in [3.63, 3.8) is 0 Å². The summed E-state index contributed by atoms with van der Waals surface area (Å²) in [7, 11) is 0. The third-order valence-electron chi connectivity index (χ3n) is 21.9. The number of nitrogens with one attached hydrogen (secondary N) is 6. The molecular weight excluding hydrogens is 1760 g/mol. The summed E-state index contributed by atoms with van der Waals surface area (Å²) in [4.78, 5) is 157. The molecule has 0 bridgehead atoms. The van der Waals surface area contributed by atoms with Crippen LogP contribution in [0.25, 0.3) is 10.4 Å². The molecule has 6 aliphatic heterocycles. The molecule has 0 aromatic rings. The molecule has 129 heavy (non-hydrogen) atoms. The maximum absolute atomic E-state index is 13.4. The van der Waals surface area contributed by atoms with E-state index in [9.17, 15) is 185 Å². The van der Waals surface area contributed by atoms with E-state index >= 15 is 0 Å². The Balaban J connectivity index is 1.21. The first-order valence-electron chi connectivity index (χ1n) is 39.8. The lowest BCUT2D eigenvalue weighted by atomic mass is 9.87. The summed E-state index contributed by atoms with van der Waals surface area (Å²) in [6.07, 6.45) is -65.3. The van der Waals surface area contributed by atoms with Gasteiger partial charge in [-0.3, -0.25) is 28.8 Å². The summed E-state index contributed by atoms with van der Waals surface area (Å²) < 4.78 is 66.7. The maximum Gasteiger partial charge on any atom is 0.364 e. The van der Waals surface area contributed by atoms with Gasteiger partial charge in [-0.1, -0.05) is 11.5 Å². The van der Waals surface area contributed by atoms with Gasteiger partial charge in [0.15, 0.2) is 0 Å². The van der Waals surface area contributed by atoms with E-state index in [0.29, 0.717) is 12.8 Å². The number of aliphatic hydroxyl groups excluding tert-OH is 19. The van der Waals surface area contributed by atoms with Gasteiger partial charge in [-0.05, 0) is 18.4 Å². The van der Waals surface area contributed by atoms with Crippen LogP contribution in [0.3, 0.4) is 0 Å². The predicted octanol–water partition coefficient (Wildman–Crippen LogP) is -15.5. The molecule has 58 nitrogen and oxygen atoms in total. The van der Waals surface area contributed by atoms with Gasteiger partial charge < -0.3 is 216 Å². The first kappa shape index (κ1) is 109. The predicted molar refractivity (Wildman–Crippen MR) is 404 cm³/mol. The van der Waals surface area contributed by atoms with Crippen LogP contribution in [0, 0.1) is 0 Å². The molecule has 0 radical (unpaired) electrons. The van der Waals surface area contributed by atoms with Crippen molar-refractivity contribution in [2.24, 2.45) is 5.11 Å². The second-order valence-electron chi connectivity index (χ2n) is 31.8. The number of aliphatic hydroxyl groups is 19. The third-order valence-corrected chi connectivity index (χ3v) is 21.9. The number of carboxylic acids is 6. The summed E-state index contributed by atoms with van der Waals surface area (Å²) in [5.41, 5.74) is 8.55. The van der Waals surface area contributed by atoms with Gasteiger partial charge in [-0.15, -0.1) is 0 Å². The Morgan fingerprint density at radius 1 is 0.318 bits per heavy atom. The summed E-state index contributed by atoms with van der Waals surface area (Å²) in [5.74, 6) is -38.9. The number of azide groups is 1. The minimum absolute atomic E-state index is 0.0686. The van der Waals surface area contributed by atoms with E-state index in [2.05, 4.69) is 41.9 Å². The van der Waals surface area contributed by atoms with Crippen molar-refractivity contribution in [3.8, 4) is 0 Å². The fourth-order valence-electron chi connectivity index (χ4n) is 15.5. The number of carbonyl (C=O) groups is 12. The highest BCUT2D eigenvalue weighted by molar-refractivity contribution is 5.80. The van der Waals surface area contributed by atoms with E-state index < -0.39 is 374 Å². The molecular formula is C71H113N9O49. The van der Waals surface area contributed by atoms with Crippen LogP contribution in [0.2, 0.25) is 0 Å². The monoisotopic (exact) mass is 1880 g/mol. The molecule has 736 valence electrons. The standard InChI is InChI=1S/C71H113N9O49/c1-24(82)74-42-31(89)13-67(61(108)109,125-54(42)48(100)36(94)18-81)119-20-38(96)50(102)56-44(76-26(3)84)33(91)15-69(127-56,63(112)113)121-22-40(98)52(104)58-46(78-28(5)86)35(93)17-71(129-58,65(116)117)123-23-41(99)53(105)59-47(79-29(6)87)34(92)16-70(128-59,64(114)115)122-21-39(97)51(103)57-45(77-27(4)85)32(90)14-68(126-57,62(110)111)120-19-37(95)49(101)55-43(75-25(2)83)30(88)12-66(124-55,60(106)107)118-11-9-7-8-10-73-80-72/h30-59,81,88-105H,7-23H2,1-6H3,(H,74,82)(H,75,83)(H,76,84)(H,77,85)(H,78,86)(H,79,87)(H,106,107)(H,108,109)(H,110,111)(H,112,113)(H,114,115)(H,116,117)/t30-,31-,32-,33-,34-,35-,36+,37+,38+,39+,40+,41+,42+,43+,44+,45+,46+,47+,48+,49+,50+,51+,52+,53+,54+,55+,56+,57+,58+,59+,66+,67+,68+,69+,70+,71+/m0/s1. The second-order valence-corrected chi connectivity index (χ2v) is 31.8. The third kappa shape index (κ3) is 26.6. The first-order chi connectivity index (χ1) is 60.0. The highest BCUT2D eigenvalue weighted by Gasteiger charge is 2.65. The number of amides is 6. The summed E-state index contributed by atoms with van der Waals surface area (Å²) in [5, 5.41) is 296. The average molecular weight is 1880 g/mol. The number of hydrogen-bond donors (Lipinski definition) is 31. The van der Waals surface area contributed by atoms with Crippen LogP contribution in [0.5, 0.6) is 0 Å². The van der Waals surface area contributed by atoms with Crippen molar-refractivity contribution in [1.29, 1.82) is 0 Å². The second kappa shape index (κ2) is 46.4. The highest BCUT2D eigenvalue weighted by Crippen LogP contribution is 2.43. The molecule has 0 saturated carbocycles. The fraction of sp³-hybridized carbons (Fsp3) is 0.831. The molecule has 0 aromatic carbocycles. The van der Waals surface area contributed by atoms with E-state index in [-0.39, 0.29) is 13.0 Å². The molecule has 0 spiro atoms. The van der Waals surface area contributed by atoms with E-state index in [1.807, 2.05) is 0 Å². The maximum atomic E-state index is 13.4. The smallest absolute Gasteiger partial charge is 0.364 e. The Kier molecular flexibility index (Phi) is 39.4. The van der Waals surface area contributed by atoms with Gasteiger partial charge in [0.2, 0.25) is 35.4 Å². The molecule has 6 rings (SSSR count). The zero-order valence-corrected chi connectivity index (χ0v) is 69.7. The quantitative estimate of drug-likeness (QED) is 0.0116. The van der Waals surface area contributed by atoms with Gasteiger partial charge in [0.1, 0.15) is 110 Å². The fourth-order valence-corrected chi connectivity index (χ4v) is 15.5. The normalized spacial score (nSPS) is 35.9. The van der Waals surface area contributed by atoms with Gasteiger partial charge in [-0.25, -0.2) is 28.8 Å². The van der Waals surface area contributed by atoms with Crippen molar-refractivity contribution in [2.45, 2.75) is 317 Å². The van der Waals surface area contributed by atoms with Crippen molar-refractivity contribution in [3.05, 3.63) is 10.4 Å². The number of hydrogen-bond acceptors (Lipinski definition) is 44. The Morgan fingerprint density at radius 2 is 0.496 bits per heavy atom. The molecule has 31 N–H and O–H groups in total. The molecule has 0 unspecified atom stereocenters.